The molecule has 3 aromatic heterocycles. The van der Waals surface area contributed by atoms with E-state index in [-0.39, 0.29) is 11.8 Å². The van der Waals surface area contributed by atoms with Crippen molar-refractivity contribution >= 4 is 11.7 Å². The minimum atomic E-state index is -0.0468. The molecule has 0 bridgehead atoms. The number of hydrogen-bond acceptors (Lipinski definition) is 7. The molecule has 4 heterocycles. The van der Waals surface area contributed by atoms with Crippen molar-refractivity contribution in [3.05, 3.63) is 90.1 Å². The first-order chi connectivity index (χ1) is 17.1. The molecular weight excluding hydrogens is 440 g/mol. The maximum absolute atomic E-state index is 13.3. The van der Waals surface area contributed by atoms with Crippen LogP contribution in [0.15, 0.2) is 73.3 Å². The van der Waals surface area contributed by atoms with Crippen molar-refractivity contribution < 1.29 is 9.53 Å². The molecule has 1 atom stereocenters. The molecule has 35 heavy (non-hydrogen) atoms. The van der Waals surface area contributed by atoms with E-state index in [1.165, 1.54) is 0 Å². The first-order valence-corrected chi connectivity index (χ1v) is 11.6. The largest absolute Gasteiger partial charge is 0.437 e. The summed E-state index contributed by atoms with van der Waals surface area (Å²) in [5.74, 6) is 1.68. The highest BCUT2D eigenvalue weighted by Gasteiger charge is 2.29. The number of carbonyl (C=O) groups is 1. The lowest BCUT2D eigenvalue weighted by atomic mass is 9.94. The van der Waals surface area contributed by atoms with E-state index in [0.717, 1.165) is 41.1 Å². The van der Waals surface area contributed by atoms with E-state index in [2.05, 4.69) is 19.9 Å². The zero-order valence-corrected chi connectivity index (χ0v) is 19.5. The van der Waals surface area contributed by atoms with Gasteiger partial charge in [0.05, 0.1) is 11.3 Å². The standard InChI is InChI=1S/C27H26N6O2/c1-18-5-2-3-7-23(18)35-26-25(29-12-13-30-26)21-6-4-14-33(17-21)27(34)20-8-10-22(31-16-20)19-9-11-24(28)32-15-19/h2-3,5,7-13,15-16,21H,4,6,14,17H2,1H3,(H2,28,32). The Bertz CT molecular complexity index is 1320. The number of para-hydroxylation sites is 1. The number of nitrogens with zero attached hydrogens (tertiary/aromatic N) is 5. The van der Waals surface area contributed by atoms with Gasteiger partial charge >= 0.3 is 0 Å². The van der Waals surface area contributed by atoms with Crippen LogP contribution in [0.5, 0.6) is 11.6 Å². The van der Waals surface area contributed by atoms with Gasteiger partial charge in [0.1, 0.15) is 17.3 Å². The maximum atomic E-state index is 13.3. The van der Waals surface area contributed by atoms with Crippen molar-refractivity contribution in [3.63, 3.8) is 0 Å². The molecule has 1 aromatic carbocycles. The zero-order chi connectivity index (χ0) is 24.2. The van der Waals surface area contributed by atoms with Crippen molar-refractivity contribution in [2.24, 2.45) is 0 Å². The summed E-state index contributed by atoms with van der Waals surface area (Å²) in [6, 6.07) is 15.0. The number of amides is 1. The summed E-state index contributed by atoms with van der Waals surface area (Å²) < 4.78 is 6.14. The molecule has 1 amide bonds. The lowest BCUT2D eigenvalue weighted by molar-refractivity contribution is 0.0704. The fourth-order valence-electron chi connectivity index (χ4n) is 4.29. The molecule has 0 spiro atoms. The van der Waals surface area contributed by atoms with E-state index in [9.17, 15) is 4.79 Å². The second kappa shape index (κ2) is 9.89. The number of ether oxygens (including phenoxy) is 1. The minimum Gasteiger partial charge on any atom is -0.437 e. The third kappa shape index (κ3) is 4.96. The fourth-order valence-corrected chi connectivity index (χ4v) is 4.29. The molecule has 4 aromatic rings. The average Bonchev–Trinajstić information content (AvgIpc) is 2.90. The van der Waals surface area contributed by atoms with Gasteiger partial charge in [-0.25, -0.2) is 9.97 Å². The number of aryl methyl sites for hydroxylation is 1. The van der Waals surface area contributed by atoms with E-state index in [0.29, 0.717) is 30.4 Å². The average molecular weight is 467 g/mol. The Kier molecular flexibility index (Phi) is 6.34. The third-order valence-electron chi connectivity index (χ3n) is 6.18. The number of aromatic nitrogens is 4. The quantitative estimate of drug-likeness (QED) is 0.457. The van der Waals surface area contributed by atoms with Crippen LogP contribution in [0.1, 0.15) is 40.4 Å². The Morgan fingerprint density at radius 2 is 1.86 bits per heavy atom. The topological polar surface area (TPSA) is 107 Å². The van der Waals surface area contributed by atoms with Crippen molar-refractivity contribution in [3.8, 4) is 22.9 Å². The molecule has 1 saturated heterocycles. The summed E-state index contributed by atoms with van der Waals surface area (Å²) >= 11 is 0. The molecule has 1 unspecified atom stereocenters. The van der Waals surface area contributed by atoms with Crippen molar-refractivity contribution in [2.45, 2.75) is 25.7 Å². The van der Waals surface area contributed by atoms with Crippen LogP contribution in [0.4, 0.5) is 5.82 Å². The second-order valence-corrected chi connectivity index (χ2v) is 8.61. The molecule has 1 fully saturated rings. The molecule has 1 aliphatic heterocycles. The van der Waals surface area contributed by atoms with Crippen LogP contribution >= 0.6 is 0 Å². The molecule has 176 valence electrons. The fraction of sp³-hybridized carbons (Fsp3) is 0.222. The summed E-state index contributed by atoms with van der Waals surface area (Å²) in [5.41, 5.74) is 9.60. The molecule has 2 N–H and O–H groups in total. The Hall–Kier alpha value is -4.33. The number of hydrogen-bond donors (Lipinski definition) is 1. The van der Waals surface area contributed by atoms with Crippen LogP contribution in [-0.2, 0) is 0 Å². The van der Waals surface area contributed by atoms with Crippen LogP contribution in [-0.4, -0.2) is 43.8 Å². The van der Waals surface area contributed by atoms with Crippen LogP contribution in [0.3, 0.4) is 0 Å². The summed E-state index contributed by atoms with van der Waals surface area (Å²) in [6.45, 7) is 3.23. The first-order valence-electron chi connectivity index (χ1n) is 11.6. The lowest BCUT2D eigenvalue weighted by Crippen LogP contribution is -2.39. The van der Waals surface area contributed by atoms with Gasteiger partial charge in [0.15, 0.2) is 0 Å². The predicted molar refractivity (Wildman–Crippen MR) is 133 cm³/mol. The highest BCUT2D eigenvalue weighted by molar-refractivity contribution is 5.94. The van der Waals surface area contributed by atoms with Gasteiger partial charge in [-0.05, 0) is 55.7 Å². The number of piperidine rings is 1. The van der Waals surface area contributed by atoms with E-state index >= 15 is 0 Å². The SMILES string of the molecule is Cc1ccccc1Oc1nccnc1C1CCCN(C(=O)c2ccc(-c3ccc(N)nc3)nc2)C1. The second-order valence-electron chi connectivity index (χ2n) is 8.61. The summed E-state index contributed by atoms with van der Waals surface area (Å²) in [4.78, 5) is 32.8. The van der Waals surface area contributed by atoms with Gasteiger partial charge < -0.3 is 15.4 Å². The third-order valence-corrected chi connectivity index (χ3v) is 6.18. The summed E-state index contributed by atoms with van der Waals surface area (Å²) in [7, 11) is 0. The number of pyridine rings is 2. The Morgan fingerprint density at radius 1 is 1.00 bits per heavy atom. The Labute approximate surface area is 203 Å². The molecule has 0 saturated carbocycles. The van der Waals surface area contributed by atoms with Gasteiger partial charge in [0.2, 0.25) is 5.88 Å². The summed E-state index contributed by atoms with van der Waals surface area (Å²) in [5, 5.41) is 0. The van der Waals surface area contributed by atoms with Crippen LogP contribution in [0.2, 0.25) is 0 Å². The number of carbonyl (C=O) groups excluding carboxylic acids is 1. The van der Waals surface area contributed by atoms with E-state index in [1.54, 1.807) is 36.9 Å². The van der Waals surface area contributed by atoms with Gasteiger partial charge in [-0.2, -0.15) is 0 Å². The minimum absolute atomic E-state index is 0.0357. The number of nitrogens with two attached hydrogens (primary N) is 1. The van der Waals surface area contributed by atoms with Crippen LogP contribution < -0.4 is 10.5 Å². The normalized spacial score (nSPS) is 15.6. The maximum Gasteiger partial charge on any atom is 0.255 e. The lowest BCUT2D eigenvalue weighted by Gasteiger charge is -2.32. The van der Waals surface area contributed by atoms with Gasteiger partial charge in [-0.3, -0.25) is 14.8 Å². The van der Waals surface area contributed by atoms with Crippen LogP contribution in [0, 0.1) is 6.92 Å². The van der Waals surface area contributed by atoms with E-state index in [1.807, 2.05) is 48.2 Å². The Balaban J connectivity index is 1.32. The number of rotatable bonds is 5. The van der Waals surface area contributed by atoms with E-state index in [4.69, 9.17) is 10.5 Å². The highest BCUT2D eigenvalue weighted by atomic mass is 16.5. The van der Waals surface area contributed by atoms with Crippen molar-refractivity contribution in [1.82, 2.24) is 24.8 Å². The van der Waals surface area contributed by atoms with Gasteiger partial charge in [0.25, 0.3) is 5.91 Å². The van der Waals surface area contributed by atoms with Crippen molar-refractivity contribution in [2.75, 3.05) is 18.8 Å². The molecule has 0 radical (unpaired) electrons. The smallest absolute Gasteiger partial charge is 0.255 e. The molecule has 1 aliphatic rings. The van der Waals surface area contributed by atoms with Crippen LogP contribution in [0.25, 0.3) is 11.3 Å². The number of anilines is 1. The predicted octanol–water partition coefficient (Wildman–Crippen LogP) is 4.64. The number of benzene rings is 1. The van der Waals surface area contributed by atoms with Gasteiger partial charge in [0, 0.05) is 49.4 Å². The first kappa shape index (κ1) is 22.5. The number of likely N-dealkylation sites (tertiary alicyclic amines) is 1. The molecule has 8 heteroatoms. The van der Waals surface area contributed by atoms with E-state index < -0.39 is 0 Å². The number of nitrogen functional groups attached to an aromatic ring is 1. The monoisotopic (exact) mass is 466 g/mol. The Morgan fingerprint density at radius 3 is 2.63 bits per heavy atom. The van der Waals surface area contributed by atoms with Gasteiger partial charge in [-0.1, -0.05) is 18.2 Å². The highest BCUT2D eigenvalue weighted by Crippen LogP contribution is 2.34. The molecular formula is C27H26N6O2. The molecule has 5 rings (SSSR count). The zero-order valence-electron chi connectivity index (χ0n) is 19.5. The van der Waals surface area contributed by atoms with Gasteiger partial charge in [-0.15, -0.1) is 0 Å². The molecule has 0 aliphatic carbocycles. The summed E-state index contributed by atoms with van der Waals surface area (Å²) in [6.07, 6.45) is 8.38. The molecule has 8 nitrogen and oxygen atoms in total. The van der Waals surface area contributed by atoms with Crippen molar-refractivity contribution in [1.29, 1.82) is 0 Å².